The molecule has 0 atom stereocenters. The molecule has 1 saturated heterocycles. The molecule has 2 aromatic rings. The number of carbonyl (C=O) groups is 1. The van der Waals surface area contributed by atoms with E-state index >= 15 is 0 Å². The smallest absolute Gasteiger partial charge is 0.217 e. The zero-order chi connectivity index (χ0) is 17.9. The summed E-state index contributed by atoms with van der Waals surface area (Å²) in [6, 6.07) is 5.98. The van der Waals surface area contributed by atoms with Gasteiger partial charge in [0, 0.05) is 24.1 Å². The first-order valence-corrected chi connectivity index (χ1v) is 9.12. The lowest BCUT2D eigenvalue weighted by atomic mass is 9.93. The van der Waals surface area contributed by atoms with Gasteiger partial charge in [0.2, 0.25) is 5.91 Å². The molecular formula is C19H24N4O3. The van der Waals surface area contributed by atoms with Crippen molar-refractivity contribution in [1.82, 2.24) is 15.1 Å². The van der Waals surface area contributed by atoms with Crippen LogP contribution in [-0.2, 0) is 11.3 Å². The van der Waals surface area contributed by atoms with Crippen molar-refractivity contribution in [2.45, 2.75) is 25.8 Å². The Morgan fingerprint density at radius 1 is 1.23 bits per heavy atom. The maximum Gasteiger partial charge on any atom is 0.217 e. The number of amides is 1. The second-order valence-corrected chi connectivity index (χ2v) is 7.02. The Labute approximate surface area is 152 Å². The van der Waals surface area contributed by atoms with Crippen LogP contribution in [-0.4, -0.2) is 47.3 Å². The molecule has 3 heterocycles. The lowest BCUT2D eigenvalue weighted by molar-refractivity contribution is -0.119. The molecule has 2 aliphatic rings. The molecule has 0 spiro atoms. The third-order valence-corrected chi connectivity index (χ3v) is 5.14. The van der Waals surface area contributed by atoms with Gasteiger partial charge < -0.3 is 15.2 Å². The number of primary amides is 1. The van der Waals surface area contributed by atoms with Gasteiger partial charge in [0.25, 0.3) is 0 Å². The van der Waals surface area contributed by atoms with Gasteiger partial charge in [-0.2, -0.15) is 5.10 Å². The first kappa shape index (κ1) is 16.9. The van der Waals surface area contributed by atoms with Crippen LogP contribution in [0.15, 0.2) is 24.4 Å². The second-order valence-electron chi connectivity index (χ2n) is 7.02. The number of rotatable bonds is 5. The Morgan fingerprint density at radius 3 is 2.77 bits per heavy atom. The van der Waals surface area contributed by atoms with E-state index in [-0.39, 0.29) is 5.91 Å². The zero-order valence-electron chi connectivity index (χ0n) is 14.7. The highest BCUT2D eigenvalue weighted by atomic mass is 16.6. The van der Waals surface area contributed by atoms with Crippen LogP contribution < -0.4 is 15.2 Å². The van der Waals surface area contributed by atoms with Gasteiger partial charge in [0.1, 0.15) is 13.2 Å². The van der Waals surface area contributed by atoms with Crippen molar-refractivity contribution >= 4 is 5.91 Å². The number of fused-ring (bicyclic) bond motifs is 1. The van der Waals surface area contributed by atoms with Crippen LogP contribution in [0.5, 0.6) is 11.5 Å². The highest BCUT2D eigenvalue weighted by Gasteiger charge is 2.22. The number of benzene rings is 1. The minimum absolute atomic E-state index is 0.195. The number of carbonyl (C=O) groups excluding carboxylic acids is 1. The van der Waals surface area contributed by atoms with E-state index in [0.717, 1.165) is 60.8 Å². The Balaban J connectivity index is 1.44. The van der Waals surface area contributed by atoms with Gasteiger partial charge in [-0.3, -0.25) is 14.8 Å². The first-order valence-electron chi connectivity index (χ1n) is 9.12. The molecule has 0 bridgehead atoms. The molecule has 0 radical (unpaired) electrons. The maximum atomic E-state index is 11.1. The lowest BCUT2D eigenvalue weighted by Gasteiger charge is -2.31. The number of ether oxygens (including phenoxy) is 2. The average Bonchev–Trinajstić information content (AvgIpc) is 3.10. The molecule has 2 aliphatic heterocycles. The minimum Gasteiger partial charge on any atom is -0.486 e. The maximum absolute atomic E-state index is 11.1. The van der Waals surface area contributed by atoms with Crippen molar-refractivity contribution in [2.24, 2.45) is 11.7 Å². The number of hydrogen-bond donors (Lipinski definition) is 2. The Kier molecular flexibility index (Phi) is 4.79. The fourth-order valence-electron chi connectivity index (χ4n) is 3.75. The predicted molar refractivity (Wildman–Crippen MR) is 96.8 cm³/mol. The van der Waals surface area contributed by atoms with Gasteiger partial charge in [-0.1, -0.05) is 0 Å². The van der Waals surface area contributed by atoms with E-state index in [4.69, 9.17) is 15.2 Å². The van der Waals surface area contributed by atoms with E-state index in [2.05, 4.69) is 15.1 Å². The molecule has 0 aliphatic carbocycles. The third-order valence-electron chi connectivity index (χ3n) is 5.14. The van der Waals surface area contributed by atoms with Crippen LogP contribution in [0.4, 0.5) is 0 Å². The number of nitrogens with two attached hydrogens (primary N) is 1. The highest BCUT2D eigenvalue weighted by Crippen LogP contribution is 2.35. The summed E-state index contributed by atoms with van der Waals surface area (Å²) in [6.45, 7) is 3.96. The molecule has 0 unspecified atom stereocenters. The molecule has 4 rings (SSSR count). The topological polar surface area (TPSA) is 93.5 Å². The van der Waals surface area contributed by atoms with Crippen LogP contribution in [0.25, 0.3) is 11.3 Å². The van der Waals surface area contributed by atoms with Crippen molar-refractivity contribution in [3.05, 3.63) is 30.0 Å². The number of nitrogens with zero attached hydrogens (tertiary/aromatic N) is 2. The second kappa shape index (κ2) is 7.37. The van der Waals surface area contributed by atoms with E-state index < -0.39 is 0 Å². The Bertz CT molecular complexity index is 781. The highest BCUT2D eigenvalue weighted by molar-refractivity contribution is 5.74. The van der Waals surface area contributed by atoms with Gasteiger partial charge in [0.15, 0.2) is 11.5 Å². The molecule has 0 saturated carbocycles. The monoisotopic (exact) mass is 356 g/mol. The molecule has 138 valence electrons. The average molecular weight is 356 g/mol. The summed E-state index contributed by atoms with van der Waals surface area (Å²) in [5, 5.41) is 7.36. The normalized spacial score (nSPS) is 18.0. The van der Waals surface area contributed by atoms with Crippen molar-refractivity contribution in [2.75, 3.05) is 26.3 Å². The SMILES string of the molecule is NC(=O)CC1CCN(Cc2cn[nH]c2-c2ccc3c(c2)OCCO3)CC1. The van der Waals surface area contributed by atoms with Crippen LogP contribution >= 0.6 is 0 Å². The quantitative estimate of drug-likeness (QED) is 0.854. The summed E-state index contributed by atoms with van der Waals surface area (Å²) < 4.78 is 11.3. The number of aromatic nitrogens is 2. The van der Waals surface area contributed by atoms with E-state index in [1.165, 1.54) is 0 Å². The zero-order valence-corrected chi connectivity index (χ0v) is 14.7. The number of likely N-dealkylation sites (tertiary alicyclic amines) is 1. The van der Waals surface area contributed by atoms with Crippen LogP contribution in [0, 0.1) is 5.92 Å². The van der Waals surface area contributed by atoms with E-state index in [0.29, 0.717) is 25.6 Å². The Hall–Kier alpha value is -2.54. The van der Waals surface area contributed by atoms with Crippen LogP contribution in [0.3, 0.4) is 0 Å². The summed E-state index contributed by atoms with van der Waals surface area (Å²) in [5.41, 5.74) is 8.54. The number of H-pyrrole nitrogens is 1. The molecule has 7 heteroatoms. The van der Waals surface area contributed by atoms with Gasteiger partial charge in [0.05, 0.1) is 11.9 Å². The fourth-order valence-corrected chi connectivity index (χ4v) is 3.75. The van der Waals surface area contributed by atoms with E-state index in [1.807, 2.05) is 24.4 Å². The molecule has 26 heavy (non-hydrogen) atoms. The molecule has 1 aromatic carbocycles. The summed E-state index contributed by atoms with van der Waals surface area (Å²) in [7, 11) is 0. The largest absolute Gasteiger partial charge is 0.486 e. The molecule has 1 fully saturated rings. The van der Waals surface area contributed by atoms with Crippen LogP contribution in [0.2, 0.25) is 0 Å². The van der Waals surface area contributed by atoms with Gasteiger partial charge >= 0.3 is 0 Å². The van der Waals surface area contributed by atoms with Crippen LogP contribution in [0.1, 0.15) is 24.8 Å². The van der Waals surface area contributed by atoms with Crippen molar-refractivity contribution in [1.29, 1.82) is 0 Å². The third kappa shape index (κ3) is 3.67. The van der Waals surface area contributed by atoms with Gasteiger partial charge in [-0.25, -0.2) is 0 Å². The number of piperidine rings is 1. The summed E-state index contributed by atoms with van der Waals surface area (Å²) in [4.78, 5) is 13.5. The summed E-state index contributed by atoms with van der Waals surface area (Å²) >= 11 is 0. The number of nitrogens with one attached hydrogen (secondary N) is 1. The summed E-state index contributed by atoms with van der Waals surface area (Å²) in [6.07, 6.45) is 4.42. The molecule has 3 N–H and O–H groups in total. The van der Waals surface area contributed by atoms with Crippen molar-refractivity contribution in [3.8, 4) is 22.8 Å². The predicted octanol–water partition coefficient (Wildman–Crippen LogP) is 1.94. The molecule has 1 amide bonds. The van der Waals surface area contributed by atoms with E-state index in [9.17, 15) is 4.79 Å². The van der Waals surface area contributed by atoms with E-state index in [1.54, 1.807) is 0 Å². The Morgan fingerprint density at radius 2 is 2.00 bits per heavy atom. The minimum atomic E-state index is -0.195. The molecule has 1 aromatic heterocycles. The number of hydrogen-bond acceptors (Lipinski definition) is 5. The fraction of sp³-hybridized carbons (Fsp3) is 0.474. The number of aromatic amines is 1. The van der Waals surface area contributed by atoms with Gasteiger partial charge in [-0.15, -0.1) is 0 Å². The van der Waals surface area contributed by atoms with Crippen molar-refractivity contribution in [3.63, 3.8) is 0 Å². The first-order chi connectivity index (χ1) is 12.7. The van der Waals surface area contributed by atoms with Gasteiger partial charge in [-0.05, 0) is 50.0 Å². The standard InChI is InChI=1S/C19H24N4O3/c20-18(24)9-13-3-5-23(6-4-13)12-15-11-21-22-19(15)14-1-2-16-17(10-14)26-8-7-25-16/h1-2,10-11,13H,3-9,12H2,(H2,20,24)(H,21,22). The van der Waals surface area contributed by atoms with Crippen molar-refractivity contribution < 1.29 is 14.3 Å². The summed E-state index contributed by atoms with van der Waals surface area (Å²) in [5.74, 6) is 1.80. The lowest BCUT2D eigenvalue weighted by Crippen LogP contribution is -2.34. The molecular weight excluding hydrogens is 332 g/mol. The molecule has 7 nitrogen and oxygen atoms in total.